The monoisotopic (exact) mass is 340 g/mol. The van der Waals surface area contributed by atoms with Gasteiger partial charge in [-0.3, -0.25) is 4.79 Å². The molecule has 1 saturated carbocycles. The Kier molecular flexibility index (Phi) is 3.33. The summed E-state index contributed by atoms with van der Waals surface area (Å²) in [6.07, 6.45) is 2.23. The third-order valence-electron chi connectivity index (χ3n) is 2.92. The highest BCUT2D eigenvalue weighted by Gasteiger charge is 2.28. The van der Waals surface area contributed by atoms with E-state index >= 15 is 0 Å². The number of carbonyl (C=O) groups excluding carboxylic acids is 1. The first-order chi connectivity index (χ1) is 9.13. The third kappa shape index (κ3) is 2.82. The Hall–Kier alpha value is -1.33. The van der Waals surface area contributed by atoms with E-state index in [1.165, 1.54) is 0 Å². The fourth-order valence-corrected chi connectivity index (χ4v) is 2.27. The molecule has 2 aromatic rings. The van der Waals surface area contributed by atoms with E-state index < -0.39 is 0 Å². The first-order valence-electron chi connectivity index (χ1n) is 5.86. The van der Waals surface area contributed by atoms with Gasteiger partial charge in [-0.15, -0.1) is 0 Å². The van der Waals surface area contributed by atoms with Crippen LogP contribution < -0.4 is 5.32 Å². The number of rotatable bonds is 3. The molecule has 4 nitrogen and oxygen atoms in total. The lowest BCUT2D eigenvalue weighted by Gasteiger charge is -2.05. The second-order valence-corrected chi connectivity index (χ2v) is 5.79. The van der Waals surface area contributed by atoms with Crippen molar-refractivity contribution < 1.29 is 9.32 Å². The number of carbonyl (C=O) groups is 1. The lowest BCUT2D eigenvalue weighted by atomic mass is 10.2. The van der Waals surface area contributed by atoms with Crippen molar-refractivity contribution in [3.8, 4) is 0 Å². The van der Waals surface area contributed by atoms with Crippen LogP contribution in [0.3, 0.4) is 0 Å². The second-order valence-electron chi connectivity index (χ2n) is 4.47. The summed E-state index contributed by atoms with van der Waals surface area (Å²) >= 11 is 9.34. The Morgan fingerprint density at radius 1 is 1.42 bits per heavy atom. The SMILES string of the molecule is O=C(Nc1cc(Br)ccc1Cl)c1cc(C2CC2)no1. The Morgan fingerprint density at radius 3 is 2.95 bits per heavy atom. The number of hydrogen-bond donors (Lipinski definition) is 1. The van der Waals surface area contributed by atoms with Crippen molar-refractivity contribution in [1.82, 2.24) is 5.16 Å². The highest BCUT2D eigenvalue weighted by atomic mass is 79.9. The summed E-state index contributed by atoms with van der Waals surface area (Å²) in [5.74, 6) is 0.317. The van der Waals surface area contributed by atoms with Crippen LogP contribution in [0.5, 0.6) is 0 Å². The molecule has 1 aromatic heterocycles. The van der Waals surface area contributed by atoms with Crippen LogP contribution in [0.15, 0.2) is 33.3 Å². The second kappa shape index (κ2) is 4.98. The normalized spacial score (nSPS) is 14.4. The van der Waals surface area contributed by atoms with Gasteiger partial charge in [0.2, 0.25) is 5.76 Å². The van der Waals surface area contributed by atoms with E-state index in [1.54, 1.807) is 24.3 Å². The van der Waals surface area contributed by atoms with Crippen molar-refractivity contribution in [3.63, 3.8) is 0 Å². The Labute approximate surface area is 123 Å². The quantitative estimate of drug-likeness (QED) is 0.909. The maximum atomic E-state index is 12.0. The van der Waals surface area contributed by atoms with Gasteiger partial charge in [-0.1, -0.05) is 32.7 Å². The minimum absolute atomic E-state index is 0.206. The van der Waals surface area contributed by atoms with Gasteiger partial charge < -0.3 is 9.84 Å². The van der Waals surface area contributed by atoms with Crippen LogP contribution in [0.1, 0.15) is 35.0 Å². The van der Waals surface area contributed by atoms with Gasteiger partial charge in [0, 0.05) is 16.5 Å². The number of benzene rings is 1. The van der Waals surface area contributed by atoms with Crippen LogP contribution in [-0.4, -0.2) is 11.1 Å². The molecule has 0 radical (unpaired) electrons. The average Bonchev–Trinajstić information content (AvgIpc) is 3.11. The molecule has 1 fully saturated rings. The number of aromatic nitrogens is 1. The highest BCUT2D eigenvalue weighted by molar-refractivity contribution is 9.10. The molecule has 6 heteroatoms. The molecule has 0 atom stereocenters. The van der Waals surface area contributed by atoms with E-state index in [0.29, 0.717) is 16.6 Å². The standard InChI is InChI=1S/C13H10BrClN2O2/c14-8-3-4-9(15)11(5-8)16-13(18)12-6-10(17-19-12)7-1-2-7/h3-7H,1-2H2,(H,16,18). The Balaban J connectivity index is 1.77. The topological polar surface area (TPSA) is 55.1 Å². The molecule has 0 unspecified atom stereocenters. The van der Waals surface area contributed by atoms with Crippen LogP contribution in [0.2, 0.25) is 5.02 Å². The van der Waals surface area contributed by atoms with Gasteiger partial charge >= 0.3 is 0 Å². The molecule has 19 heavy (non-hydrogen) atoms. The molecule has 1 aromatic carbocycles. The molecule has 0 bridgehead atoms. The first kappa shape index (κ1) is 12.7. The van der Waals surface area contributed by atoms with E-state index in [0.717, 1.165) is 23.0 Å². The van der Waals surface area contributed by atoms with Gasteiger partial charge in [-0.2, -0.15) is 0 Å². The molecule has 1 aliphatic rings. The molecule has 1 amide bonds. The van der Waals surface area contributed by atoms with Gasteiger partial charge in [-0.25, -0.2) is 0 Å². The van der Waals surface area contributed by atoms with Crippen molar-refractivity contribution >= 4 is 39.1 Å². The first-order valence-corrected chi connectivity index (χ1v) is 7.03. The van der Waals surface area contributed by atoms with Crippen molar-refractivity contribution in [1.29, 1.82) is 0 Å². The van der Waals surface area contributed by atoms with Gasteiger partial charge in [0.15, 0.2) is 0 Å². The molecule has 98 valence electrons. The number of amides is 1. The Morgan fingerprint density at radius 2 is 2.21 bits per heavy atom. The summed E-state index contributed by atoms with van der Waals surface area (Å²) in [4.78, 5) is 12.0. The van der Waals surface area contributed by atoms with Crippen molar-refractivity contribution in [2.75, 3.05) is 5.32 Å². The summed E-state index contributed by atoms with van der Waals surface area (Å²) in [5.41, 5.74) is 1.39. The van der Waals surface area contributed by atoms with Gasteiger partial charge in [-0.05, 0) is 31.0 Å². The number of anilines is 1. The van der Waals surface area contributed by atoms with Crippen LogP contribution in [-0.2, 0) is 0 Å². The summed E-state index contributed by atoms with van der Waals surface area (Å²) in [6.45, 7) is 0. The van der Waals surface area contributed by atoms with Crippen LogP contribution in [0, 0.1) is 0 Å². The maximum absolute atomic E-state index is 12.0. The van der Waals surface area contributed by atoms with Gasteiger partial charge in [0.05, 0.1) is 16.4 Å². The maximum Gasteiger partial charge on any atom is 0.294 e. The van der Waals surface area contributed by atoms with Crippen molar-refractivity contribution in [2.24, 2.45) is 0 Å². The minimum atomic E-state index is -0.348. The zero-order valence-corrected chi connectivity index (χ0v) is 12.2. The highest BCUT2D eigenvalue weighted by Crippen LogP contribution is 2.39. The van der Waals surface area contributed by atoms with E-state index in [9.17, 15) is 4.79 Å². The zero-order valence-electron chi connectivity index (χ0n) is 9.82. The predicted octanol–water partition coefficient (Wildman–Crippen LogP) is 4.22. The van der Waals surface area contributed by atoms with Crippen molar-refractivity contribution in [2.45, 2.75) is 18.8 Å². The summed E-state index contributed by atoms with van der Waals surface area (Å²) in [6, 6.07) is 6.94. The number of hydrogen-bond acceptors (Lipinski definition) is 3. The molecular weight excluding hydrogens is 332 g/mol. The van der Waals surface area contributed by atoms with E-state index in [4.69, 9.17) is 16.1 Å². The van der Waals surface area contributed by atoms with E-state index in [1.807, 2.05) is 0 Å². The molecule has 0 saturated heterocycles. The fraction of sp³-hybridized carbons (Fsp3) is 0.231. The van der Waals surface area contributed by atoms with Crippen LogP contribution in [0.25, 0.3) is 0 Å². The van der Waals surface area contributed by atoms with Gasteiger partial charge in [0.25, 0.3) is 5.91 Å². The summed E-state index contributed by atoms with van der Waals surface area (Å²) in [7, 11) is 0. The van der Waals surface area contributed by atoms with Crippen molar-refractivity contribution in [3.05, 3.63) is 45.2 Å². The van der Waals surface area contributed by atoms with Gasteiger partial charge in [0.1, 0.15) is 0 Å². The fourth-order valence-electron chi connectivity index (χ4n) is 1.74. The van der Waals surface area contributed by atoms with E-state index in [2.05, 4.69) is 26.4 Å². The number of halogens is 2. The summed E-state index contributed by atoms with van der Waals surface area (Å²) in [5, 5.41) is 7.08. The predicted molar refractivity (Wildman–Crippen MR) is 75.6 cm³/mol. The lowest BCUT2D eigenvalue weighted by molar-refractivity contribution is 0.0988. The molecule has 1 aliphatic carbocycles. The molecule has 3 rings (SSSR count). The molecule has 0 aliphatic heterocycles. The molecule has 1 N–H and O–H groups in total. The Bertz CT molecular complexity index is 637. The molecule has 1 heterocycles. The number of nitrogens with zero attached hydrogens (tertiary/aromatic N) is 1. The van der Waals surface area contributed by atoms with E-state index in [-0.39, 0.29) is 11.7 Å². The smallest absolute Gasteiger partial charge is 0.294 e. The molecular formula is C13H10BrClN2O2. The minimum Gasteiger partial charge on any atom is -0.351 e. The summed E-state index contributed by atoms with van der Waals surface area (Å²) < 4.78 is 5.89. The van der Waals surface area contributed by atoms with Crippen LogP contribution in [0.4, 0.5) is 5.69 Å². The third-order valence-corrected chi connectivity index (χ3v) is 3.75. The molecule has 0 spiro atoms. The zero-order chi connectivity index (χ0) is 13.4. The lowest BCUT2D eigenvalue weighted by Crippen LogP contribution is -2.11. The van der Waals surface area contributed by atoms with Crippen LogP contribution >= 0.6 is 27.5 Å². The number of nitrogens with one attached hydrogen (secondary N) is 1. The average molecular weight is 342 g/mol. The largest absolute Gasteiger partial charge is 0.351 e.